The van der Waals surface area contributed by atoms with Crippen molar-refractivity contribution in [1.29, 1.82) is 0 Å². The van der Waals surface area contributed by atoms with Crippen LogP contribution in [0.4, 0.5) is 0 Å². The Morgan fingerprint density at radius 3 is 2.33 bits per heavy atom. The van der Waals surface area contributed by atoms with Gasteiger partial charge in [-0.3, -0.25) is 0 Å². The molecule has 1 atom stereocenters. The molecule has 1 aromatic rings. The Bertz CT molecular complexity index is 458. The third-order valence-electron chi connectivity index (χ3n) is 2.60. The van der Waals surface area contributed by atoms with Crippen LogP contribution in [0.15, 0.2) is 6.07 Å². The minimum Gasteiger partial charge on any atom is -0.495 e. The van der Waals surface area contributed by atoms with Crippen LogP contribution in [0.2, 0.25) is 5.02 Å². The molecular weight excluding hydrogens is 260 g/mol. The van der Waals surface area contributed by atoms with Crippen LogP contribution >= 0.6 is 11.6 Å². The molecule has 100 valence electrons. The molecule has 1 unspecified atom stereocenters. The van der Waals surface area contributed by atoms with Crippen molar-refractivity contribution in [2.24, 2.45) is 0 Å². The molecular formula is C12H15ClO5. The Hall–Kier alpha value is -1.46. The second kappa shape index (κ2) is 5.93. The molecule has 6 heteroatoms. The van der Waals surface area contributed by atoms with Gasteiger partial charge in [-0.25, -0.2) is 4.79 Å². The Labute approximate surface area is 110 Å². The van der Waals surface area contributed by atoms with Crippen molar-refractivity contribution in [3.8, 4) is 11.5 Å². The first-order chi connectivity index (χ1) is 8.47. The molecule has 2 N–H and O–H groups in total. The third-order valence-corrected chi connectivity index (χ3v) is 2.94. The highest BCUT2D eigenvalue weighted by atomic mass is 35.5. The lowest BCUT2D eigenvalue weighted by Gasteiger charge is -2.18. The topological polar surface area (TPSA) is 76.0 Å². The van der Waals surface area contributed by atoms with Crippen LogP contribution in [0.1, 0.15) is 24.2 Å². The lowest BCUT2D eigenvalue weighted by atomic mass is 10.0. The molecule has 0 fully saturated rings. The van der Waals surface area contributed by atoms with Crippen LogP contribution < -0.4 is 9.47 Å². The first-order valence-electron chi connectivity index (χ1n) is 5.32. The monoisotopic (exact) mass is 274 g/mol. The number of aliphatic hydroxyl groups is 1. The largest absolute Gasteiger partial charge is 0.495 e. The Morgan fingerprint density at radius 2 is 1.94 bits per heavy atom. The van der Waals surface area contributed by atoms with Crippen molar-refractivity contribution in [2.75, 3.05) is 14.2 Å². The van der Waals surface area contributed by atoms with E-state index in [1.807, 2.05) is 6.92 Å². The summed E-state index contributed by atoms with van der Waals surface area (Å²) in [5.41, 5.74) is 0.825. The lowest BCUT2D eigenvalue weighted by Crippen LogP contribution is -2.13. The van der Waals surface area contributed by atoms with Gasteiger partial charge in [-0.1, -0.05) is 18.5 Å². The lowest BCUT2D eigenvalue weighted by molar-refractivity contribution is -0.147. The van der Waals surface area contributed by atoms with Gasteiger partial charge in [0.15, 0.2) is 6.10 Å². The molecule has 0 saturated carbocycles. The van der Waals surface area contributed by atoms with Gasteiger partial charge in [0.2, 0.25) is 0 Å². The summed E-state index contributed by atoms with van der Waals surface area (Å²) in [6.07, 6.45) is -1.10. The predicted octanol–water partition coefficient (Wildman–Crippen LogP) is 2.04. The van der Waals surface area contributed by atoms with E-state index in [1.54, 1.807) is 0 Å². The fraction of sp³-hybridized carbons (Fsp3) is 0.417. The smallest absolute Gasteiger partial charge is 0.337 e. The highest BCUT2D eigenvalue weighted by molar-refractivity contribution is 6.33. The minimum atomic E-state index is -1.69. The van der Waals surface area contributed by atoms with Crippen molar-refractivity contribution >= 4 is 17.6 Å². The highest BCUT2D eigenvalue weighted by Crippen LogP contribution is 2.42. The quantitative estimate of drug-likeness (QED) is 0.859. The zero-order chi connectivity index (χ0) is 13.9. The molecule has 0 heterocycles. The SMILES string of the molecule is CCc1cc(C(O)C(=O)O)c(OC)c(Cl)c1OC. The maximum atomic E-state index is 10.9. The van der Waals surface area contributed by atoms with Crippen molar-refractivity contribution < 1.29 is 24.5 Å². The summed E-state index contributed by atoms with van der Waals surface area (Å²) in [5, 5.41) is 18.7. The number of benzene rings is 1. The molecule has 0 aliphatic rings. The zero-order valence-electron chi connectivity index (χ0n) is 10.4. The number of methoxy groups -OCH3 is 2. The Balaban J connectivity index is 3.51. The van der Waals surface area contributed by atoms with Crippen molar-refractivity contribution in [3.05, 3.63) is 22.2 Å². The number of aliphatic hydroxyl groups excluding tert-OH is 1. The number of halogens is 1. The number of aryl methyl sites for hydroxylation is 1. The molecule has 0 bridgehead atoms. The molecule has 0 radical (unpaired) electrons. The first-order valence-corrected chi connectivity index (χ1v) is 5.69. The van der Waals surface area contributed by atoms with Crippen LogP contribution in [0.25, 0.3) is 0 Å². The molecule has 1 rings (SSSR count). The standard InChI is InChI=1S/C12H15ClO5/c1-4-6-5-7(9(14)12(15)16)11(18-3)8(13)10(6)17-2/h5,9,14H,4H2,1-3H3,(H,15,16). The maximum Gasteiger partial charge on any atom is 0.337 e. The molecule has 5 nitrogen and oxygen atoms in total. The molecule has 0 saturated heterocycles. The summed E-state index contributed by atoms with van der Waals surface area (Å²) >= 11 is 6.09. The fourth-order valence-electron chi connectivity index (χ4n) is 1.72. The molecule has 0 spiro atoms. The molecule has 18 heavy (non-hydrogen) atoms. The van der Waals surface area contributed by atoms with Gasteiger partial charge in [-0.05, 0) is 18.1 Å². The highest BCUT2D eigenvalue weighted by Gasteiger charge is 2.26. The zero-order valence-corrected chi connectivity index (χ0v) is 11.1. The summed E-state index contributed by atoms with van der Waals surface area (Å²) in [4.78, 5) is 10.9. The summed E-state index contributed by atoms with van der Waals surface area (Å²) < 4.78 is 10.2. The van der Waals surface area contributed by atoms with Crippen molar-refractivity contribution in [2.45, 2.75) is 19.4 Å². The number of ether oxygens (including phenoxy) is 2. The average molecular weight is 275 g/mol. The second-order valence-electron chi connectivity index (χ2n) is 3.60. The second-order valence-corrected chi connectivity index (χ2v) is 3.98. The number of hydrogen-bond donors (Lipinski definition) is 2. The van der Waals surface area contributed by atoms with Crippen LogP contribution in [-0.2, 0) is 11.2 Å². The van der Waals surface area contributed by atoms with E-state index in [-0.39, 0.29) is 16.3 Å². The Kier molecular flexibility index (Phi) is 4.81. The minimum absolute atomic E-state index is 0.112. The van der Waals surface area contributed by atoms with E-state index in [0.717, 1.165) is 0 Å². The van der Waals surface area contributed by atoms with Gasteiger partial charge in [0.05, 0.1) is 14.2 Å². The number of hydrogen-bond acceptors (Lipinski definition) is 4. The van der Waals surface area contributed by atoms with Crippen molar-refractivity contribution in [3.63, 3.8) is 0 Å². The van der Waals surface area contributed by atoms with E-state index in [0.29, 0.717) is 17.7 Å². The van der Waals surface area contributed by atoms with Gasteiger partial charge in [-0.2, -0.15) is 0 Å². The summed E-state index contributed by atoms with van der Waals surface area (Å²) in [7, 11) is 2.82. The van der Waals surface area contributed by atoms with E-state index in [2.05, 4.69) is 0 Å². The van der Waals surface area contributed by atoms with Gasteiger partial charge in [0, 0.05) is 5.56 Å². The van der Waals surface area contributed by atoms with Gasteiger partial charge >= 0.3 is 5.97 Å². The number of rotatable bonds is 5. The molecule has 0 amide bonds. The van der Waals surface area contributed by atoms with E-state index < -0.39 is 12.1 Å². The molecule has 1 aromatic carbocycles. The molecule has 0 aromatic heterocycles. The van der Waals surface area contributed by atoms with E-state index in [4.69, 9.17) is 26.2 Å². The van der Waals surface area contributed by atoms with Crippen LogP contribution in [0.3, 0.4) is 0 Å². The third kappa shape index (κ3) is 2.52. The van der Waals surface area contributed by atoms with Crippen LogP contribution in [0, 0.1) is 0 Å². The molecule has 0 aliphatic heterocycles. The van der Waals surface area contributed by atoms with E-state index >= 15 is 0 Å². The number of carbonyl (C=O) groups is 1. The number of aliphatic carboxylic acids is 1. The van der Waals surface area contributed by atoms with Gasteiger partial charge in [-0.15, -0.1) is 0 Å². The van der Waals surface area contributed by atoms with Gasteiger partial charge < -0.3 is 19.7 Å². The van der Waals surface area contributed by atoms with Crippen LogP contribution in [-0.4, -0.2) is 30.4 Å². The van der Waals surface area contributed by atoms with Crippen molar-refractivity contribution in [1.82, 2.24) is 0 Å². The number of carboxylic acids is 1. The normalized spacial score (nSPS) is 12.1. The summed E-state index contributed by atoms with van der Waals surface area (Å²) in [6, 6.07) is 1.53. The maximum absolute atomic E-state index is 10.9. The fourth-order valence-corrected chi connectivity index (χ4v) is 2.10. The first kappa shape index (κ1) is 14.6. The van der Waals surface area contributed by atoms with Gasteiger partial charge in [0.25, 0.3) is 0 Å². The average Bonchev–Trinajstić information content (AvgIpc) is 2.36. The predicted molar refractivity (Wildman–Crippen MR) is 66.5 cm³/mol. The van der Waals surface area contributed by atoms with E-state index in [1.165, 1.54) is 20.3 Å². The summed E-state index contributed by atoms with van der Waals surface area (Å²) in [6.45, 7) is 1.87. The Morgan fingerprint density at radius 1 is 1.39 bits per heavy atom. The number of carboxylic acid groups (broad SMARTS) is 1. The molecule has 0 aliphatic carbocycles. The summed E-state index contributed by atoms with van der Waals surface area (Å²) in [5.74, 6) is -0.824. The van der Waals surface area contributed by atoms with Gasteiger partial charge in [0.1, 0.15) is 16.5 Å². The van der Waals surface area contributed by atoms with Crippen LogP contribution in [0.5, 0.6) is 11.5 Å². The van der Waals surface area contributed by atoms with E-state index in [9.17, 15) is 9.90 Å².